The zero-order chi connectivity index (χ0) is 12.5. The molecular formula is C14H15NO2. The summed E-state index contributed by atoms with van der Waals surface area (Å²) in [5.74, 6) is -0.303. The molecule has 0 saturated carbocycles. The van der Waals surface area contributed by atoms with Crippen LogP contribution in [0.25, 0.3) is 10.8 Å². The number of fused-ring (bicyclic) bond motifs is 1. The number of aromatic nitrogens is 1. The molecule has 3 nitrogen and oxygen atoms in total. The van der Waals surface area contributed by atoms with Crippen LogP contribution in [0.1, 0.15) is 31.1 Å². The molecule has 3 heteroatoms. The van der Waals surface area contributed by atoms with Gasteiger partial charge in [-0.1, -0.05) is 6.07 Å². The van der Waals surface area contributed by atoms with Gasteiger partial charge >= 0.3 is 5.97 Å². The molecular weight excluding hydrogens is 214 g/mol. The van der Waals surface area contributed by atoms with Crippen LogP contribution in [0.4, 0.5) is 0 Å². The maximum atomic E-state index is 11.9. The summed E-state index contributed by atoms with van der Waals surface area (Å²) in [5, 5.41) is 2.00. The second kappa shape index (κ2) is 4.17. The standard InChI is InChI=1S/C14H15NO2/c1-14(2,3)17-13(16)11-5-4-10-6-7-15-9-12(10)8-11/h4-9H,1-3H3. The fraction of sp³-hybridized carbons (Fsp3) is 0.286. The van der Waals surface area contributed by atoms with Crippen LogP contribution in [0, 0.1) is 0 Å². The molecule has 1 heterocycles. The number of ether oxygens (including phenoxy) is 1. The van der Waals surface area contributed by atoms with E-state index in [0.717, 1.165) is 10.8 Å². The Morgan fingerprint density at radius 1 is 1.18 bits per heavy atom. The molecule has 0 spiro atoms. The summed E-state index contributed by atoms with van der Waals surface area (Å²) in [7, 11) is 0. The highest BCUT2D eigenvalue weighted by molar-refractivity contribution is 5.95. The Balaban J connectivity index is 2.33. The van der Waals surface area contributed by atoms with Crippen LogP contribution in [-0.2, 0) is 4.74 Å². The zero-order valence-corrected chi connectivity index (χ0v) is 10.2. The summed E-state index contributed by atoms with van der Waals surface area (Å²) in [6.45, 7) is 5.56. The van der Waals surface area contributed by atoms with E-state index in [4.69, 9.17) is 4.74 Å². The van der Waals surface area contributed by atoms with Gasteiger partial charge in [-0.15, -0.1) is 0 Å². The molecule has 0 N–H and O–H groups in total. The van der Waals surface area contributed by atoms with Crippen LogP contribution in [0.15, 0.2) is 36.7 Å². The minimum absolute atomic E-state index is 0.303. The van der Waals surface area contributed by atoms with Crippen molar-refractivity contribution < 1.29 is 9.53 Å². The molecule has 0 saturated heterocycles. The van der Waals surface area contributed by atoms with E-state index in [9.17, 15) is 4.79 Å². The van der Waals surface area contributed by atoms with Gasteiger partial charge < -0.3 is 4.74 Å². The average molecular weight is 229 g/mol. The molecule has 0 aliphatic heterocycles. The molecule has 1 aromatic carbocycles. The quantitative estimate of drug-likeness (QED) is 0.705. The van der Waals surface area contributed by atoms with Crippen molar-refractivity contribution in [3.63, 3.8) is 0 Å². The molecule has 2 rings (SSSR count). The van der Waals surface area contributed by atoms with Crippen LogP contribution >= 0.6 is 0 Å². The van der Waals surface area contributed by atoms with Gasteiger partial charge in [0.15, 0.2) is 0 Å². The van der Waals surface area contributed by atoms with Crippen LogP contribution in [0.5, 0.6) is 0 Å². The van der Waals surface area contributed by atoms with Crippen molar-refractivity contribution in [2.45, 2.75) is 26.4 Å². The van der Waals surface area contributed by atoms with Gasteiger partial charge in [0.05, 0.1) is 5.56 Å². The fourth-order valence-electron chi connectivity index (χ4n) is 1.55. The van der Waals surface area contributed by atoms with E-state index < -0.39 is 5.60 Å². The third kappa shape index (κ3) is 2.81. The first-order valence-corrected chi connectivity index (χ1v) is 5.53. The largest absolute Gasteiger partial charge is 0.456 e. The van der Waals surface area contributed by atoms with Crippen LogP contribution < -0.4 is 0 Å². The lowest BCUT2D eigenvalue weighted by Crippen LogP contribution is -2.23. The number of benzene rings is 1. The van der Waals surface area contributed by atoms with Crippen molar-refractivity contribution in [2.75, 3.05) is 0 Å². The highest BCUT2D eigenvalue weighted by Gasteiger charge is 2.17. The molecule has 0 fully saturated rings. The summed E-state index contributed by atoms with van der Waals surface area (Å²) in [4.78, 5) is 15.9. The van der Waals surface area contributed by atoms with E-state index >= 15 is 0 Å². The molecule has 0 aliphatic rings. The van der Waals surface area contributed by atoms with E-state index in [0.29, 0.717) is 5.56 Å². The van der Waals surface area contributed by atoms with E-state index in [2.05, 4.69) is 4.98 Å². The van der Waals surface area contributed by atoms with Gasteiger partial charge in [0.25, 0.3) is 0 Å². The second-order valence-corrected chi connectivity index (χ2v) is 4.94. The molecule has 0 aliphatic carbocycles. The molecule has 1 aromatic heterocycles. The van der Waals surface area contributed by atoms with Crippen LogP contribution in [0.3, 0.4) is 0 Å². The topological polar surface area (TPSA) is 39.2 Å². The monoisotopic (exact) mass is 229 g/mol. The number of nitrogens with zero attached hydrogens (tertiary/aromatic N) is 1. The van der Waals surface area contributed by atoms with Crippen LogP contribution in [-0.4, -0.2) is 16.6 Å². The molecule has 0 bridgehead atoms. The molecule has 17 heavy (non-hydrogen) atoms. The van der Waals surface area contributed by atoms with Gasteiger partial charge in [-0.2, -0.15) is 0 Å². The third-order valence-electron chi connectivity index (χ3n) is 2.28. The lowest BCUT2D eigenvalue weighted by atomic mass is 10.1. The van der Waals surface area contributed by atoms with E-state index in [1.807, 2.05) is 32.9 Å². The Morgan fingerprint density at radius 3 is 2.65 bits per heavy atom. The maximum absolute atomic E-state index is 11.9. The van der Waals surface area contributed by atoms with Crippen molar-refractivity contribution in [3.8, 4) is 0 Å². The highest BCUT2D eigenvalue weighted by atomic mass is 16.6. The Bertz CT molecular complexity index is 555. The lowest BCUT2D eigenvalue weighted by molar-refractivity contribution is 0.00697. The lowest BCUT2D eigenvalue weighted by Gasteiger charge is -2.19. The Kier molecular flexibility index (Phi) is 2.84. The molecule has 0 amide bonds. The fourth-order valence-corrected chi connectivity index (χ4v) is 1.55. The van der Waals surface area contributed by atoms with Gasteiger partial charge in [0.1, 0.15) is 5.60 Å². The summed E-state index contributed by atoms with van der Waals surface area (Å²) < 4.78 is 5.31. The normalized spacial score (nSPS) is 11.5. The van der Waals surface area contributed by atoms with E-state index in [-0.39, 0.29) is 5.97 Å². The number of carbonyl (C=O) groups is 1. The van der Waals surface area contributed by atoms with Crippen LogP contribution in [0.2, 0.25) is 0 Å². The van der Waals surface area contributed by atoms with Crippen molar-refractivity contribution in [1.82, 2.24) is 4.98 Å². The van der Waals surface area contributed by atoms with Crippen molar-refractivity contribution in [3.05, 3.63) is 42.2 Å². The Labute approximate surface area is 100 Å². The predicted molar refractivity (Wildman–Crippen MR) is 66.9 cm³/mol. The summed E-state index contributed by atoms with van der Waals surface area (Å²) in [6.07, 6.45) is 3.47. The highest BCUT2D eigenvalue weighted by Crippen LogP contribution is 2.17. The van der Waals surface area contributed by atoms with Gasteiger partial charge in [-0.3, -0.25) is 4.98 Å². The smallest absolute Gasteiger partial charge is 0.338 e. The van der Waals surface area contributed by atoms with Gasteiger partial charge in [0, 0.05) is 17.8 Å². The van der Waals surface area contributed by atoms with Gasteiger partial charge in [0.2, 0.25) is 0 Å². The number of hydrogen-bond acceptors (Lipinski definition) is 3. The first kappa shape index (κ1) is 11.6. The second-order valence-electron chi connectivity index (χ2n) is 4.94. The SMILES string of the molecule is CC(C)(C)OC(=O)c1ccc2ccncc2c1. The Morgan fingerprint density at radius 2 is 1.94 bits per heavy atom. The first-order chi connectivity index (χ1) is 7.96. The van der Waals surface area contributed by atoms with Gasteiger partial charge in [-0.25, -0.2) is 4.79 Å². The number of esters is 1. The molecule has 0 radical (unpaired) electrons. The average Bonchev–Trinajstić information content (AvgIpc) is 2.26. The minimum Gasteiger partial charge on any atom is -0.456 e. The van der Waals surface area contributed by atoms with Crippen molar-refractivity contribution >= 4 is 16.7 Å². The van der Waals surface area contributed by atoms with E-state index in [1.54, 1.807) is 24.5 Å². The number of pyridine rings is 1. The first-order valence-electron chi connectivity index (χ1n) is 5.53. The van der Waals surface area contributed by atoms with Crippen molar-refractivity contribution in [1.29, 1.82) is 0 Å². The van der Waals surface area contributed by atoms with Gasteiger partial charge in [-0.05, 0) is 44.4 Å². The maximum Gasteiger partial charge on any atom is 0.338 e. The number of carbonyl (C=O) groups excluding carboxylic acids is 1. The molecule has 0 unspecified atom stereocenters. The predicted octanol–water partition coefficient (Wildman–Crippen LogP) is 3.19. The minimum atomic E-state index is -0.471. The Hall–Kier alpha value is -1.90. The zero-order valence-electron chi connectivity index (χ0n) is 10.2. The molecule has 88 valence electrons. The summed E-state index contributed by atoms with van der Waals surface area (Å²) in [6, 6.07) is 7.39. The van der Waals surface area contributed by atoms with E-state index in [1.165, 1.54) is 0 Å². The number of hydrogen-bond donors (Lipinski definition) is 0. The summed E-state index contributed by atoms with van der Waals surface area (Å²) >= 11 is 0. The third-order valence-corrected chi connectivity index (χ3v) is 2.28. The molecule has 0 atom stereocenters. The molecule has 2 aromatic rings. The number of rotatable bonds is 1. The summed E-state index contributed by atoms with van der Waals surface area (Å²) in [5.41, 5.74) is 0.0847. The van der Waals surface area contributed by atoms with Crippen molar-refractivity contribution in [2.24, 2.45) is 0 Å².